The molecule has 0 unspecified atom stereocenters. The fraction of sp³-hybridized carbons (Fsp3) is 0.263. The highest BCUT2D eigenvalue weighted by Crippen LogP contribution is 2.35. The van der Waals surface area contributed by atoms with Gasteiger partial charge in [-0.3, -0.25) is 9.69 Å². The minimum absolute atomic E-state index is 0.0150. The number of benzene rings is 2. The molecule has 3 amide bonds. The van der Waals surface area contributed by atoms with E-state index in [4.69, 9.17) is 27.9 Å². The molecule has 1 aliphatic heterocycles. The molecule has 2 aromatic rings. The van der Waals surface area contributed by atoms with Gasteiger partial charge in [0, 0.05) is 15.6 Å². The molecule has 136 valence electrons. The van der Waals surface area contributed by atoms with E-state index >= 15 is 0 Å². The quantitative estimate of drug-likeness (QED) is 0.768. The molecule has 5 nitrogen and oxygen atoms in total. The minimum Gasteiger partial charge on any atom is -0.497 e. The van der Waals surface area contributed by atoms with Crippen molar-refractivity contribution in [1.82, 2.24) is 10.2 Å². The molecule has 0 saturated carbocycles. The van der Waals surface area contributed by atoms with Gasteiger partial charge >= 0.3 is 6.03 Å². The van der Waals surface area contributed by atoms with Crippen LogP contribution in [0, 0.1) is 0 Å². The third kappa shape index (κ3) is 3.02. The van der Waals surface area contributed by atoms with Crippen molar-refractivity contribution in [3.05, 3.63) is 63.6 Å². The van der Waals surface area contributed by atoms with E-state index in [-0.39, 0.29) is 12.5 Å². The molecule has 7 heteroatoms. The Morgan fingerprint density at radius 3 is 2.23 bits per heavy atom. The lowest BCUT2D eigenvalue weighted by Gasteiger charge is -2.26. The molecule has 26 heavy (non-hydrogen) atoms. The number of hydrogen-bond acceptors (Lipinski definition) is 3. The van der Waals surface area contributed by atoms with Gasteiger partial charge in [0.05, 0.1) is 13.7 Å². The molecule has 1 atom stereocenters. The number of imide groups is 1. The Bertz CT molecular complexity index is 834. The monoisotopic (exact) mass is 392 g/mol. The Morgan fingerprint density at radius 2 is 1.69 bits per heavy atom. The van der Waals surface area contributed by atoms with Gasteiger partial charge in [-0.1, -0.05) is 48.3 Å². The first-order chi connectivity index (χ1) is 12.4. The van der Waals surface area contributed by atoms with Gasteiger partial charge in [0.15, 0.2) is 0 Å². The Hall–Kier alpha value is -2.24. The van der Waals surface area contributed by atoms with Crippen LogP contribution in [-0.2, 0) is 16.9 Å². The fourth-order valence-corrected chi connectivity index (χ4v) is 3.64. The number of nitrogens with one attached hydrogen (secondary N) is 1. The van der Waals surface area contributed by atoms with Crippen LogP contribution in [0.25, 0.3) is 0 Å². The number of methoxy groups -OCH3 is 1. The molecule has 1 N–H and O–H groups in total. The minimum atomic E-state index is -1.11. The van der Waals surface area contributed by atoms with Gasteiger partial charge in [-0.2, -0.15) is 0 Å². The molecule has 2 aromatic carbocycles. The summed E-state index contributed by atoms with van der Waals surface area (Å²) in [5, 5.41) is 3.67. The topological polar surface area (TPSA) is 58.6 Å². The van der Waals surface area contributed by atoms with Gasteiger partial charge in [-0.05, 0) is 36.2 Å². The summed E-state index contributed by atoms with van der Waals surface area (Å²) in [5.74, 6) is 0.350. The Kier molecular flexibility index (Phi) is 5.12. The Balaban J connectivity index is 1.95. The van der Waals surface area contributed by atoms with Gasteiger partial charge in [0.25, 0.3) is 5.91 Å². The summed E-state index contributed by atoms with van der Waals surface area (Å²) in [7, 11) is 1.57. The second kappa shape index (κ2) is 7.17. The summed E-state index contributed by atoms with van der Waals surface area (Å²) < 4.78 is 5.16. The van der Waals surface area contributed by atoms with E-state index in [0.717, 1.165) is 4.90 Å². The molecule has 1 fully saturated rings. The number of carbonyl (C=O) groups excluding carboxylic acids is 2. The number of hydrogen-bond donors (Lipinski definition) is 1. The predicted molar refractivity (Wildman–Crippen MR) is 101 cm³/mol. The molecule has 0 aromatic heterocycles. The third-order valence-corrected chi connectivity index (χ3v) is 5.37. The molecule has 1 aliphatic rings. The molecular weight excluding hydrogens is 375 g/mol. The number of ether oxygens (including phenoxy) is 1. The summed E-state index contributed by atoms with van der Waals surface area (Å²) in [6, 6.07) is 11.7. The molecular formula is C19H18Cl2N2O3. The predicted octanol–water partition coefficient (Wildman–Crippen LogP) is 4.36. The first kappa shape index (κ1) is 18.5. The second-order valence-electron chi connectivity index (χ2n) is 6.01. The number of carbonyl (C=O) groups is 2. The molecule has 0 radical (unpaired) electrons. The zero-order chi connectivity index (χ0) is 18.9. The molecule has 3 rings (SSSR count). The van der Waals surface area contributed by atoms with Crippen LogP contribution in [0.1, 0.15) is 24.5 Å². The lowest BCUT2D eigenvalue weighted by Crippen LogP contribution is -2.43. The Morgan fingerprint density at radius 1 is 1.08 bits per heavy atom. The zero-order valence-corrected chi connectivity index (χ0v) is 15.9. The maximum atomic E-state index is 13.2. The number of rotatable bonds is 5. The SMILES string of the molecule is CC[C@]1(c2ccc(OC)cc2)NC(=O)N(Cc2c(Cl)cccc2Cl)C1=O. The Labute approximate surface area is 161 Å². The van der Waals surface area contributed by atoms with Crippen molar-refractivity contribution in [2.24, 2.45) is 0 Å². The molecule has 0 aliphatic carbocycles. The standard InChI is InChI=1S/C19H18Cl2N2O3/c1-3-19(12-7-9-13(26-2)10-8-12)17(24)23(18(25)22-19)11-14-15(20)5-4-6-16(14)21/h4-10H,3,11H2,1-2H3,(H,22,25)/t19-/m1/s1. The van der Waals surface area contributed by atoms with Crippen molar-refractivity contribution < 1.29 is 14.3 Å². The lowest BCUT2D eigenvalue weighted by molar-refractivity contribution is -0.132. The third-order valence-electron chi connectivity index (χ3n) is 4.67. The van der Waals surface area contributed by atoms with Crippen molar-refractivity contribution in [2.45, 2.75) is 25.4 Å². The van der Waals surface area contributed by atoms with Crippen molar-refractivity contribution in [3.8, 4) is 5.75 Å². The van der Waals surface area contributed by atoms with Crippen molar-refractivity contribution in [3.63, 3.8) is 0 Å². The number of halogens is 2. The van der Waals surface area contributed by atoms with Crippen LogP contribution in [0.15, 0.2) is 42.5 Å². The van der Waals surface area contributed by atoms with E-state index < -0.39 is 11.6 Å². The molecule has 0 spiro atoms. The van der Waals surface area contributed by atoms with Crippen LogP contribution in [0.5, 0.6) is 5.75 Å². The van der Waals surface area contributed by atoms with Crippen LogP contribution >= 0.6 is 23.2 Å². The normalized spacial score (nSPS) is 19.6. The summed E-state index contributed by atoms with van der Waals surface area (Å²) in [6.07, 6.45) is 0.413. The number of amides is 3. The van der Waals surface area contributed by atoms with Crippen molar-refractivity contribution >= 4 is 35.1 Å². The highest BCUT2D eigenvalue weighted by Gasteiger charge is 2.51. The van der Waals surface area contributed by atoms with Crippen LogP contribution in [0.3, 0.4) is 0 Å². The van der Waals surface area contributed by atoms with E-state index in [9.17, 15) is 9.59 Å². The van der Waals surface area contributed by atoms with Crippen LogP contribution in [-0.4, -0.2) is 23.9 Å². The second-order valence-corrected chi connectivity index (χ2v) is 6.82. The highest BCUT2D eigenvalue weighted by atomic mass is 35.5. The van der Waals surface area contributed by atoms with Crippen LogP contribution in [0.2, 0.25) is 10.0 Å². The van der Waals surface area contributed by atoms with Gasteiger partial charge < -0.3 is 10.1 Å². The van der Waals surface area contributed by atoms with Crippen LogP contribution in [0.4, 0.5) is 4.79 Å². The van der Waals surface area contributed by atoms with Gasteiger partial charge in [0.1, 0.15) is 11.3 Å². The first-order valence-electron chi connectivity index (χ1n) is 8.14. The molecule has 1 heterocycles. The molecule has 0 bridgehead atoms. The summed E-state index contributed by atoms with van der Waals surface area (Å²) >= 11 is 12.4. The summed E-state index contributed by atoms with van der Waals surface area (Å²) in [4.78, 5) is 26.9. The number of urea groups is 1. The summed E-state index contributed by atoms with van der Waals surface area (Å²) in [5.41, 5.74) is 0.129. The highest BCUT2D eigenvalue weighted by molar-refractivity contribution is 6.36. The van der Waals surface area contributed by atoms with Crippen LogP contribution < -0.4 is 10.1 Å². The lowest BCUT2D eigenvalue weighted by atomic mass is 9.87. The zero-order valence-electron chi connectivity index (χ0n) is 14.4. The maximum Gasteiger partial charge on any atom is 0.325 e. The molecule has 1 saturated heterocycles. The average molecular weight is 393 g/mol. The number of nitrogens with zero attached hydrogens (tertiary/aromatic N) is 1. The largest absolute Gasteiger partial charge is 0.497 e. The average Bonchev–Trinajstić information content (AvgIpc) is 2.89. The van der Waals surface area contributed by atoms with E-state index in [0.29, 0.717) is 33.3 Å². The van der Waals surface area contributed by atoms with Gasteiger partial charge in [-0.15, -0.1) is 0 Å². The van der Waals surface area contributed by atoms with Gasteiger partial charge in [-0.25, -0.2) is 4.79 Å². The van der Waals surface area contributed by atoms with E-state index in [2.05, 4.69) is 5.32 Å². The van der Waals surface area contributed by atoms with E-state index in [1.807, 2.05) is 6.92 Å². The van der Waals surface area contributed by atoms with E-state index in [1.54, 1.807) is 49.6 Å². The fourth-order valence-electron chi connectivity index (χ4n) is 3.13. The smallest absolute Gasteiger partial charge is 0.325 e. The maximum absolute atomic E-state index is 13.2. The van der Waals surface area contributed by atoms with Crippen molar-refractivity contribution in [2.75, 3.05) is 7.11 Å². The van der Waals surface area contributed by atoms with E-state index in [1.165, 1.54) is 0 Å². The van der Waals surface area contributed by atoms with Crippen molar-refractivity contribution in [1.29, 1.82) is 0 Å². The van der Waals surface area contributed by atoms with Gasteiger partial charge in [0.2, 0.25) is 0 Å². The summed E-state index contributed by atoms with van der Waals surface area (Å²) in [6.45, 7) is 1.87. The first-order valence-corrected chi connectivity index (χ1v) is 8.90.